The number of carbonyl (C=O) groups is 1. The highest BCUT2D eigenvalue weighted by Gasteiger charge is 2.18. The number of imidazole rings is 1. The second-order valence-electron chi connectivity index (χ2n) is 5.81. The zero-order valence-corrected chi connectivity index (χ0v) is 15.3. The van der Waals surface area contributed by atoms with Gasteiger partial charge in [0.2, 0.25) is 5.82 Å². The Morgan fingerprint density at radius 2 is 2.00 bits per heavy atom. The van der Waals surface area contributed by atoms with Crippen LogP contribution in [0.5, 0.6) is 0 Å². The molecule has 1 amide bonds. The molecule has 0 saturated heterocycles. The maximum Gasteiger partial charge on any atom is 0.285 e. The molecular formula is C19H16ClN5O. The number of amides is 1. The van der Waals surface area contributed by atoms with Gasteiger partial charge < -0.3 is 5.73 Å². The molecule has 130 valence electrons. The summed E-state index contributed by atoms with van der Waals surface area (Å²) >= 11 is 6.03. The quantitative estimate of drug-likeness (QED) is 0.558. The molecule has 0 saturated carbocycles. The normalized spacial score (nSPS) is 10.3. The minimum absolute atomic E-state index is 0.115. The number of hydrogen-bond donors (Lipinski definition) is 1. The van der Waals surface area contributed by atoms with E-state index >= 15 is 0 Å². The third kappa shape index (κ3) is 3.30. The van der Waals surface area contributed by atoms with E-state index < -0.39 is 5.91 Å². The maximum atomic E-state index is 11.9. The van der Waals surface area contributed by atoms with Gasteiger partial charge in [0.15, 0.2) is 0 Å². The van der Waals surface area contributed by atoms with E-state index in [0.29, 0.717) is 22.2 Å². The zero-order valence-electron chi connectivity index (χ0n) is 14.5. The van der Waals surface area contributed by atoms with Crippen LogP contribution in [0.2, 0.25) is 5.15 Å². The van der Waals surface area contributed by atoms with Crippen LogP contribution in [0.25, 0.3) is 5.69 Å². The van der Waals surface area contributed by atoms with E-state index in [9.17, 15) is 4.79 Å². The molecule has 0 aliphatic rings. The van der Waals surface area contributed by atoms with Gasteiger partial charge in [-0.2, -0.15) is 0 Å². The Labute approximate surface area is 156 Å². The number of nitrogens with zero attached hydrogens (tertiary/aromatic N) is 4. The molecule has 0 atom stereocenters. The molecule has 7 heteroatoms. The molecule has 0 radical (unpaired) electrons. The van der Waals surface area contributed by atoms with Crippen LogP contribution in [-0.2, 0) is 0 Å². The molecule has 0 spiro atoms. The Morgan fingerprint density at radius 1 is 1.23 bits per heavy atom. The SMILES string of the molecule is Cc1cncc(-n2c(C(N)=O)nc(C#Cc3ccnc(Cl)c3C)c2C)c1. The summed E-state index contributed by atoms with van der Waals surface area (Å²) < 4.78 is 1.67. The van der Waals surface area contributed by atoms with Crippen molar-refractivity contribution in [3.63, 3.8) is 0 Å². The second-order valence-corrected chi connectivity index (χ2v) is 6.17. The third-order valence-corrected chi connectivity index (χ3v) is 4.29. The molecule has 2 N–H and O–H groups in total. The lowest BCUT2D eigenvalue weighted by atomic mass is 10.1. The summed E-state index contributed by atoms with van der Waals surface area (Å²) in [7, 11) is 0. The lowest BCUT2D eigenvalue weighted by Gasteiger charge is -2.08. The summed E-state index contributed by atoms with van der Waals surface area (Å²) in [5.74, 6) is 5.52. The Bertz CT molecular complexity index is 1080. The summed E-state index contributed by atoms with van der Waals surface area (Å²) in [6.07, 6.45) is 4.98. The van der Waals surface area contributed by atoms with Crippen molar-refractivity contribution in [2.24, 2.45) is 5.73 Å². The molecule has 0 aromatic carbocycles. The van der Waals surface area contributed by atoms with Gasteiger partial charge in [-0.1, -0.05) is 17.5 Å². The number of pyridine rings is 2. The van der Waals surface area contributed by atoms with Crippen LogP contribution in [0.3, 0.4) is 0 Å². The van der Waals surface area contributed by atoms with Crippen molar-refractivity contribution in [2.45, 2.75) is 20.8 Å². The molecule has 0 fully saturated rings. The Morgan fingerprint density at radius 3 is 2.69 bits per heavy atom. The lowest BCUT2D eigenvalue weighted by molar-refractivity contribution is 0.0988. The Hall–Kier alpha value is -3.17. The number of aryl methyl sites for hydroxylation is 1. The van der Waals surface area contributed by atoms with Crippen molar-refractivity contribution in [1.82, 2.24) is 19.5 Å². The highest BCUT2D eigenvalue weighted by molar-refractivity contribution is 6.30. The lowest BCUT2D eigenvalue weighted by Crippen LogP contribution is -2.18. The van der Waals surface area contributed by atoms with Crippen LogP contribution in [0.1, 0.15) is 38.7 Å². The first-order valence-corrected chi connectivity index (χ1v) is 8.20. The molecule has 3 rings (SSSR count). The monoisotopic (exact) mass is 365 g/mol. The smallest absolute Gasteiger partial charge is 0.285 e. The molecule has 0 aliphatic carbocycles. The first kappa shape index (κ1) is 17.6. The minimum atomic E-state index is -0.634. The number of hydrogen-bond acceptors (Lipinski definition) is 4. The van der Waals surface area contributed by atoms with Crippen molar-refractivity contribution in [1.29, 1.82) is 0 Å². The minimum Gasteiger partial charge on any atom is -0.363 e. The summed E-state index contributed by atoms with van der Waals surface area (Å²) in [6.45, 7) is 5.60. The van der Waals surface area contributed by atoms with E-state index in [-0.39, 0.29) is 5.82 Å². The van der Waals surface area contributed by atoms with Crippen molar-refractivity contribution < 1.29 is 4.79 Å². The third-order valence-electron chi connectivity index (χ3n) is 3.90. The average Bonchev–Trinajstić information content (AvgIpc) is 2.93. The van der Waals surface area contributed by atoms with Gasteiger partial charge in [0, 0.05) is 23.5 Å². The van der Waals surface area contributed by atoms with E-state index in [2.05, 4.69) is 26.8 Å². The van der Waals surface area contributed by atoms with Gasteiger partial charge in [0.05, 0.1) is 17.6 Å². The molecule has 3 heterocycles. The Balaban J connectivity index is 2.14. The van der Waals surface area contributed by atoms with E-state index in [1.54, 1.807) is 29.2 Å². The standard InChI is InChI=1S/C19H16ClN5O/c1-11-8-15(10-22-9-11)25-13(3)16(24-19(25)18(21)26)5-4-14-6-7-23-17(20)12(14)2/h6-10H,1-3H3,(H2,21,26). The van der Waals surface area contributed by atoms with Crippen LogP contribution in [0, 0.1) is 32.6 Å². The van der Waals surface area contributed by atoms with Crippen molar-refractivity contribution in [3.8, 4) is 17.5 Å². The van der Waals surface area contributed by atoms with Crippen LogP contribution < -0.4 is 5.73 Å². The molecule has 0 aliphatic heterocycles. The average molecular weight is 366 g/mol. The highest BCUT2D eigenvalue weighted by atomic mass is 35.5. The van der Waals surface area contributed by atoms with E-state index in [1.807, 2.05) is 26.8 Å². The molecule has 0 bridgehead atoms. The summed E-state index contributed by atoms with van der Waals surface area (Å²) in [4.78, 5) is 24.4. The largest absolute Gasteiger partial charge is 0.363 e. The number of carbonyl (C=O) groups excluding carboxylic acids is 1. The van der Waals surface area contributed by atoms with Crippen LogP contribution in [-0.4, -0.2) is 25.4 Å². The number of primary amides is 1. The topological polar surface area (TPSA) is 86.7 Å². The molecule has 3 aromatic heterocycles. The zero-order chi connectivity index (χ0) is 18.8. The predicted octanol–water partition coefficient (Wildman–Crippen LogP) is 2.74. The van der Waals surface area contributed by atoms with Crippen molar-refractivity contribution >= 4 is 17.5 Å². The fourth-order valence-corrected chi connectivity index (χ4v) is 2.69. The molecule has 0 unspecified atom stereocenters. The number of rotatable bonds is 2. The summed E-state index contributed by atoms with van der Waals surface area (Å²) in [5, 5.41) is 0.405. The summed E-state index contributed by atoms with van der Waals surface area (Å²) in [6, 6.07) is 3.68. The molecular weight excluding hydrogens is 350 g/mol. The van der Waals surface area contributed by atoms with Gasteiger partial charge in [-0.25, -0.2) is 9.97 Å². The number of nitrogens with two attached hydrogens (primary N) is 1. The van der Waals surface area contributed by atoms with Crippen LogP contribution >= 0.6 is 11.6 Å². The summed E-state index contributed by atoms with van der Waals surface area (Å²) in [5.41, 5.74) is 9.88. The highest BCUT2D eigenvalue weighted by Crippen LogP contribution is 2.19. The second kappa shape index (κ2) is 6.98. The fraction of sp³-hybridized carbons (Fsp3) is 0.158. The fourth-order valence-electron chi connectivity index (χ4n) is 2.53. The first-order valence-electron chi connectivity index (χ1n) is 7.82. The van der Waals surface area contributed by atoms with Gasteiger partial charge in [-0.3, -0.25) is 14.3 Å². The molecule has 6 nitrogen and oxygen atoms in total. The van der Waals surface area contributed by atoms with Gasteiger partial charge in [0.1, 0.15) is 10.8 Å². The number of aromatic nitrogens is 4. The van der Waals surface area contributed by atoms with Crippen LogP contribution in [0.15, 0.2) is 30.7 Å². The van der Waals surface area contributed by atoms with E-state index in [1.165, 1.54) is 0 Å². The predicted molar refractivity (Wildman–Crippen MR) is 99.3 cm³/mol. The van der Waals surface area contributed by atoms with E-state index in [0.717, 1.165) is 16.7 Å². The van der Waals surface area contributed by atoms with Gasteiger partial charge in [-0.15, -0.1) is 0 Å². The molecule has 3 aromatic rings. The number of halogens is 1. The van der Waals surface area contributed by atoms with Gasteiger partial charge in [0.25, 0.3) is 5.91 Å². The van der Waals surface area contributed by atoms with Crippen LogP contribution in [0.4, 0.5) is 0 Å². The Kier molecular flexibility index (Phi) is 4.74. The maximum absolute atomic E-state index is 11.9. The van der Waals surface area contributed by atoms with Gasteiger partial charge in [-0.05, 0) is 44.4 Å². The van der Waals surface area contributed by atoms with Crippen molar-refractivity contribution in [3.05, 3.63) is 69.8 Å². The molecule has 26 heavy (non-hydrogen) atoms. The first-order chi connectivity index (χ1) is 12.4. The van der Waals surface area contributed by atoms with Crippen molar-refractivity contribution in [2.75, 3.05) is 0 Å². The van der Waals surface area contributed by atoms with E-state index in [4.69, 9.17) is 17.3 Å². The van der Waals surface area contributed by atoms with Gasteiger partial charge >= 0.3 is 0 Å².